The molecule has 0 aliphatic carbocycles. The normalized spacial score (nSPS) is 11.8. The number of quaternary nitrogens is 1. The molecule has 0 saturated carbocycles. The maximum absolute atomic E-state index is 12.1. The fraction of sp³-hybridized carbons (Fsp3) is 0.500. The van der Waals surface area contributed by atoms with Gasteiger partial charge in [-0.15, -0.1) is 0 Å². The van der Waals surface area contributed by atoms with Crippen LogP contribution in [0, 0.1) is 0 Å². The van der Waals surface area contributed by atoms with Crippen molar-refractivity contribution in [3.63, 3.8) is 0 Å². The molecule has 0 atom stereocenters. The maximum Gasteiger partial charge on any atom is 0.374 e. The van der Waals surface area contributed by atoms with Crippen LogP contribution in [-0.2, 0) is 16.1 Å². The van der Waals surface area contributed by atoms with Crippen molar-refractivity contribution in [2.75, 3.05) is 40.4 Å². The molecule has 0 amide bonds. The summed E-state index contributed by atoms with van der Waals surface area (Å²) in [6.45, 7) is 8.04. The number of ether oxygens (including phenoxy) is 2. The van der Waals surface area contributed by atoms with E-state index in [0.717, 1.165) is 35.1 Å². The Morgan fingerprint density at radius 1 is 1.22 bits per heavy atom. The van der Waals surface area contributed by atoms with Gasteiger partial charge in [0, 0.05) is 12.5 Å². The van der Waals surface area contributed by atoms with E-state index in [1.165, 1.54) is 0 Å². The van der Waals surface area contributed by atoms with Gasteiger partial charge in [-0.2, -0.15) is 0 Å². The van der Waals surface area contributed by atoms with Crippen molar-refractivity contribution in [1.29, 1.82) is 0 Å². The van der Waals surface area contributed by atoms with E-state index >= 15 is 0 Å². The summed E-state index contributed by atoms with van der Waals surface area (Å²) in [6.07, 6.45) is 0. The molecule has 0 N–H and O–H groups in total. The summed E-state index contributed by atoms with van der Waals surface area (Å²) in [5.74, 6) is -0.162. The van der Waals surface area contributed by atoms with Gasteiger partial charge in [-0.25, -0.2) is 4.79 Å². The van der Waals surface area contributed by atoms with Crippen molar-refractivity contribution >= 4 is 16.9 Å². The number of fused-ring (bicyclic) bond motifs is 1. The van der Waals surface area contributed by atoms with Gasteiger partial charge in [0.05, 0.1) is 26.7 Å². The van der Waals surface area contributed by atoms with Crippen molar-refractivity contribution in [2.45, 2.75) is 20.5 Å². The van der Waals surface area contributed by atoms with Crippen molar-refractivity contribution in [3.05, 3.63) is 35.6 Å². The molecule has 2 rings (SSSR count). The second-order valence-electron chi connectivity index (χ2n) is 6.03. The van der Waals surface area contributed by atoms with E-state index in [9.17, 15) is 4.79 Å². The second kappa shape index (κ2) is 7.62. The third-order valence-electron chi connectivity index (χ3n) is 4.48. The first-order valence-electron chi connectivity index (χ1n) is 8.03. The lowest BCUT2D eigenvalue weighted by Gasteiger charge is -2.31. The predicted molar refractivity (Wildman–Crippen MR) is 89.3 cm³/mol. The van der Waals surface area contributed by atoms with Gasteiger partial charge in [0.25, 0.3) is 0 Å². The molecule has 2 aromatic rings. The minimum Gasteiger partial charge on any atom is -0.454 e. The molecule has 0 aliphatic rings. The third-order valence-corrected chi connectivity index (χ3v) is 4.48. The summed E-state index contributed by atoms with van der Waals surface area (Å²) in [5.41, 5.74) is 1.72. The molecular formula is C18H26NO4+. The zero-order valence-corrected chi connectivity index (χ0v) is 14.4. The van der Waals surface area contributed by atoms with Crippen LogP contribution in [0.3, 0.4) is 0 Å². The lowest BCUT2D eigenvalue weighted by Crippen LogP contribution is -2.46. The maximum atomic E-state index is 12.1. The van der Waals surface area contributed by atoms with Gasteiger partial charge in [0.2, 0.25) is 5.76 Å². The smallest absolute Gasteiger partial charge is 0.374 e. The van der Waals surface area contributed by atoms with Gasteiger partial charge in [-0.3, -0.25) is 0 Å². The molecule has 5 nitrogen and oxygen atoms in total. The highest BCUT2D eigenvalue weighted by molar-refractivity contribution is 5.92. The summed E-state index contributed by atoms with van der Waals surface area (Å²) in [4.78, 5) is 12.1. The molecule has 5 heteroatoms. The number of carbonyl (C=O) groups is 1. The number of hydrogen-bond acceptors (Lipinski definition) is 4. The first kappa shape index (κ1) is 17.5. The van der Waals surface area contributed by atoms with Gasteiger partial charge in [0.1, 0.15) is 18.7 Å². The van der Waals surface area contributed by atoms with E-state index in [1.54, 1.807) is 13.2 Å². The first-order valence-corrected chi connectivity index (χ1v) is 8.03. The van der Waals surface area contributed by atoms with E-state index in [0.29, 0.717) is 18.8 Å². The number of likely N-dealkylation sites (N-methyl/N-ethyl adjacent to an activating group) is 1. The van der Waals surface area contributed by atoms with Crippen molar-refractivity contribution in [3.8, 4) is 0 Å². The van der Waals surface area contributed by atoms with Crippen LogP contribution in [0.5, 0.6) is 0 Å². The Morgan fingerprint density at radius 3 is 2.61 bits per heavy atom. The highest BCUT2D eigenvalue weighted by atomic mass is 16.5. The molecule has 0 fully saturated rings. The molecule has 0 bridgehead atoms. The second-order valence-corrected chi connectivity index (χ2v) is 6.03. The third kappa shape index (κ3) is 4.33. The molecule has 1 aromatic carbocycles. The quantitative estimate of drug-likeness (QED) is 0.553. The number of benzene rings is 1. The summed E-state index contributed by atoms with van der Waals surface area (Å²) < 4.78 is 16.9. The SMILES string of the molecule is CC[N+](C)(CC)CCOC(=O)c1cc2cc(COC)ccc2o1. The van der Waals surface area contributed by atoms with Crippen LogP contribution >= 0.6 is 0 Å². The van der Waals surface area contributed by atoms with Gasteiger partial charge in [0.15, 0.2) is 0 Å². The van der Waals surface area contributed by atoms with Crippen LogP contribution in [0.2, 0.25) is 0 Å². The molecule has 126 valence electrons. The first-order chi connectivity index (χ1) is 11.0. The molecule has 23 heavy (non-hydrogen) atoms. The van der Waals surface area contributed by atoms with Gasteiger partial charge >= 0.3 is 5.97 Å². The van der Waals surface area contributed by atoms with E-state index in [1.807, 2.05) is 18.2 Å². The van der Waals surface area contributed by atoms with Crippen molar-refractivity contribution < 1.29 is 23.2 Å². The highest BCUT2D eigenvalue weighted by Gasteiger charge is 2.19. The summed E-state index contributed by atoms with van der Waals surface area (Å²) >= 11 is 0. The average Bonchev–Trinajstić information content (AvgIpc) is 2.98. The molecule has 1 aromatic heterocycles. The summed E-state index contributed by atoms with van der Waals surface area (Å²) in [7, 11) is 3.81. The average molecular weight is 320 g/mol. The fourth-order valence-electron chi connectivity index (χ4n) is 2.42. The monoisotopic (exact) mass is 320 g/mol. The van der Waals surface area contributed by atoms with Crippen molar-refractivity contribution in [2.24, 2.45) is 0 Å². The van der Waals surface area contributed by atoms with Crippen LogP contribution in [0.4, 0.5) is 0 Å². The number of nitrogens with zero attached hydrogens (tertiary/aromatic N) is 1. The summed E-state index contributed by atoms with van der Waals surface area (Å²) in [6, 6.07) is 7.46. The Kier molecular flexibility index (Phi) is 5.80. The number of furan rings is 1. The molecule has 1 heterocycles. The lowest BCUT2D eigenvalue weighted by atomic mass is 10.2. The minimum atomic E-state index is -0.409. The van der Waals surface area contributed by atoms with Crippen LogP contribution in [0.25, 0.3) is 11.0 Å². The van der Waals surface area contributed by atoms with Crippen LogP contribution in [0.15, 0.2) is 28.7 Å². The summed E-state index contributed by atoms with van der Waals surface area (Å²) in [5, 5.41) is 0.884. The van der Waals surface area contributed by atoms with Gasteiger partial charge in [-0.05, 0) is 37.6 Å². The molecule has 0 unspecified atom stereocenters. The van der Waals surface area contributed by atoms with Gasteiger partial charge in [-0.1, -0.05) is 6.07 Å². The zero-order valence-electron chi connectivity index (χ0n) is 14.4. The standard InChI is InChI=1S/C18H26NO4/c1-5-19(3,6-2)9-10-22-18(20)17-12-15-11-14(13-21-4)7-8-16(15)23-17/h7-8,11-12H,5-6,9-10,13H2,1-4H3/q+1. The Morgan fingerprint density at radius 2 is 1.96 bits per heavy atom. The minimum absolute atomic E-state index is 0.247. The number of esters is 1. The Bertz CT molecular complexity index is 658. The topological polar surface area (TPSA) is 48.7 Å². The van der Waals surface area contributed by atoms with E-state index in [4.69, 9.17) is 13.9 Å². The largest absolute Gasteiger partial charge is 0.454 e. The van der Waals surface area contributed by atoms with Crippen LogP contribution in [0.1, 0.15) is 30.0 Å². The van der Waals surface area contributed by atoms with E-state index in [2.05, 4.69) is 20.9 Å². The van der Waals surface area contributed by atoms with Crippen LogP contribution < -0.4 is 0 Å². The Balaban J connectivity index is 2.01. The zero-order chi connectivity index (χ0) is 16.9. The highest BCUT2D eigenvalue weighted by Crippen LogP contribution is 2.21. The number of rotatable bonds is 8. The van der Waals surface area contributed by atoms with Crippen molar-refractivity contribution in [1.82, 2.24) is 0 Å². The molecule has 0 spiro atoms. The van der Waals surface area contributed by atoms with Gasteiger partial charge < -0.3 is 18.4 Å². The number of carbonyl (C=O) groups excluding carboxylic acids is 1. The Labute approximate surface area is 137 Å². The van der Waals surface area contributed by atoms with E-state index in [-0.39, 0.29) is 5.76 Å². The lowest BCUT2D eigenvalue weighted by molar-refractivity contribution is -0.906. The fourth-order valence-corrected chi connectivity index (χ4v) is 2.42. The molecule has 0 aliphatic heterocycles. The molecule has 0 saturated heterocycles. The van der Waals surface area contributed by atoms with Crippen LogP contribution in [-0.4, -0.2) is 50.9 Å². The predicted octanol–water partition coefficient (Wildman–Crippen LogP) is 3.22. The number of methoxy groups -OCH3 is 1. The molecule has 0 radical (unpaired) electrons. The number of hydrogen-bond donors (Lipinski definition) is 0. The molecular weight excluding hydrogens is 294 g/mol. The Hall–Kier alpha value is -1.85. The van der Waals surface area contributed by atoms with E-state index < -0.39 is 5.97 Å².